The van der Waals surface area contributed by atoms with E-state index < -0.39 is 0 Å². The molecule has 42 heavy (non-hydrogen) atoms. The van der Waals surface area contributed by atoms with Crippen LogP contribution in [-0.4, -0.2) is 16.4 Å². The molecule has 0 aliphatic carbocycles. The van der Waals surface area contributed by atoms with E-state index in [4.69, 9.17) is 15.0 Å². The average Bonchev–Trinajstić information content (AvgIpc) is 2.88. The van der Waals surface area contributed by atoms with Crippen molar-refractivity contribution in [3.63, 3.8) is 0 Å². The molecule has 3 aromatic rings. The molecule has 228 valence electrons. The number of rotatable bonds is 10. The van der Waals surface area contributed by atoms with E-state index >= 15 is 0 Å². The van der Waals surface area contributed by atoms with Crippen LogP contribution in [0.15, 0.2) is 71.2 Å². The van der Waals surface area contributed by atoms with Gasteiger partial charge in [-0.1, -0.05) is 97.9 Å². The third-order valence-corrected chi connectivity index (χ3v) is 7.29. The first-order valence-electron chi connectivity index (χ1n) is 14.4. The summed E-state index contributed by atoms with van der Waals surface area (Å²) < 4.78 is 0. The van der Waals surface area contributed by atoms with E-state index in [1.54, 1.807) is 0 Å². The van der Waals surface area contributed by atoms with Crippen molar-refractivity contribution in [1.29, 1.82) is 0 Å². The average molecular weight is 649 g/mol. The van der Waals surface area contributed by atoms with Gasteiger partial charge in [0.1, 0.15) is 0 Å². The van der Waals surface area contributed by atoms with Gasteiger partial charge >= 0.3 is 17.1 Å². The van der Waals surface area contributed by atoms with E-state index in [-0.39, 0.29) is 41.9 Å². The predicted octanol–water partition coefficient (Wildman–Crippen LogP) is 4.59. The summed E-state index contributed by atoms with van der Waals surface area (Å²) in [6.07, 6.45) is 2.82. The minimum atomic E-state index is 0. The number of aromatic nitrogens is 1. The number of benzene rings is 2. The van der Waals surface area contributed by atoms with Gasteiger partial charge in [0.25, 0.3) is 0 Å². The van der Waals surface area contributed by atoms with Crippen molar-refractivity contribution in [3.05, 3.63) is 100 Å². The first-order valence-corrected chi connectivity index (χ1v) is 14.4. The number of hydrogen-bond donors (Lipinski definition) is 0. The van der Waals surface area contributed by atoms with Gasteiger partial charge < -0.3 is 24.8 Å². The minimum absolute atomic E-state index is 0. The summed E-state index contributed by atoms with van der Waals surface area (Å²) in [7, 11) is 0. The largest absolute Gasteiger partial charge is 2.00 e. The van der Waals surface area contributed by atoms with Gasteiger partial charge in [-0.15, -0.1) is 6.58 Å². The molecular formula is C36H47Cl2FeN3. The third-order valence-electron chi connectivity index (χ3n) is 7.29. The fourth-order valence-electron chi connectivity index (χ4n) is 5.16. The summed E-state index contributed by atoms with van der Waals surface area (Å²) in [6, 6.07) is 17.2. The van der Waals surface area contributed by atoms with Crippen LogP contribution in [0.3, 0.4) is 0 Å². The summed E-state index contributed by atoms with van der Waals surface area (Å²) in [5, 5.41) is 0. The Morgan fingerprint density at radius 2 is 1.10 bits per heavy atom. The zero-order valence-corrected chi connectivity index (χ0v) is 29.5. The van der Waals surface area contributed by atoms with Crippen LogP contribution in [0.4, 0.5) is 11.4 Å². The van der Waals surface area contributed by atoms with Gasteiger partial charge in [-0.25, -0.2) is 4.98 Å². The molecular weight excluding hydrogens is 601 g/mol. The van der Waals surface area contributed by atoms with Crippen LogP contribution in [0.5, 0.6) is 0 Å². The van der Waals surface area contributed by atoms with Gasteiger partial charge in [0.15, 0.2) is 0 Å². The maximum atomic E-state index is 5.25. The standard InChI is InChI=1S/C36H47N3.2ClH.Fe/c1-12-15-28-20-21-31(24(6)7)36(34(28)25(8)9)38-27(11)33-19-14-18-32(39-33)26(10)37-35-29(22(2)3)16-13-17-30(35)23(4)5;;;/h12-14,16-25H,1,15H2,2-11H3;2*1H;/q;;;+2/p-2/b37-26+,38-27+;;;. The Kier molecular flexibility index (Phi) is 16.8. The number of halogens is 2. The SMILES string of the molecule is C=CCc1ccc(C(C)C)c(/N=C(\C)c2cccc(/C(C)=N/c3c(C(C)C)cccc3C(C)C)n2)c1C(C)C.[Cl-].[Cl-].[Fe+2]. The third kappa shape index (κ3) is 9.38. The maximum absolute atomic E-state index is 5.25. The Hall–Kier alpha value is -2.23. The first-order chi connectivity index (χ1) is 18.5. The van der Waals surface area contributed by atoms with E-state index in [2.05, 4.69) is 118 Å². The molecule has 0 amide bonds. The number of allylic oxidation sites excluding steroid dienone is 1. The Bertz CT molecular complexity index is 1360. The Morgan fingerprint density at radius 1 is 0.667 bits per heavy atom. The molecule has 3 nitrogen and oxygen atoms in total. The van der Waals surface area contributed by atoms with Gasteiger partial charge in [-0.3, -0.25) is 9.98 Å². The number of aliphatic imine (C=N–C) groups is 2. The second-order valence-electron chi connectivity index (χ2n) is 11.8. The molecule has 6 heteroatoms. The van der Waals surface area contributed by atoms with Crippen LogP contribution in [0, 0.1) is 0 Å². The monoisotopic (exact) mass is 647 g/mol. The summed E-state index contributed by atoms with van der Waals surface area (Å²) in [5.74, 6) is 1.52. The van der Waals surface area contributed by atoms with Gasteiger partial charge in [0.2, 0.25) is 0 Å². The molecule has 1 aromatic heterocycles. The molecule has 0 fully saturated rings. The summed E-state index contributed by atoms with van der Waals surface area (Å²) in [4.78, 5) is 15.5. The molecule has 0 aliphatic heterocycles. The molecule has 2 aromatic carbocycles. The predicted molar refractivity (Wildman–Crippen MR) is 171 cm³/mol. The zero-order chi connectivity index (χ0) is 28.9. The van der Waals surface area contributed by atoms with Crippen molar-refractivity contribution in [1.82, 2.24) is 4.98 Å². The second kappa shape index (κ2) is 17.8. The van der Waals surface area contributed by atoms with Crippen molar-refractivity contribution in [2.24, 2.45) is 9.98 Å². The van der Waals surface area contributed by atoms with Gasteiger partial charge in [-0.05, 0) is 83.9 Å². The summed E-state index contributed by atoms with van der Waals surface area (Å²) >= 11 is 0. The van der Waals surface area contributed by atoms with E-state index in [1.165, 1.54) is 27.8 Å². The number of hydrogen-bond acceptors (Lipinski definition) is 3. The van der Waals surface area contributed by atoms with Crippen LogP contribution < -0.4 is 24.8 Å². The molecule has 3 rings (SSSR count). The molecule has 0 spiro atoms. The van der Waals surface area contributed by atoms with E-state index in [0.717, 1.165) is 40.6 Å². The van der Waals surface area contributed by atoms with E-state index in [0.29, 0.717) is 23.7 Å². The van der Waals surface area contributed by atoms with Crippen LogP contribution in [0.2, 0.25) is 0 Å². The van der Waals surface area contributed by atoms with E-state index in [9.17, 15) is 0 Å². The van der Waals surface area contributed by atoms with Crippen molar-refractivity contribution in [3.8, 4) is 0 Å². The molecule has 0 atom stereocenters. The van der Waals surface area contributed by atoms with Crippen molar-refractivity contribution >= 4 is 22.8 Å². The Morgan fingerprint density at radius 3 is 1.52 bits per heavy atom. The number of nitrogens with zero attached hydrogens (tertiary/aromatic N) is 3. The summed E-state index contributed by atoms with van der Waals surface area (Å²) in [5.41, 5.74) is 12.2. The fourth-order valence-corrected chi connectivity index (χ4v) is 5.16. The molecule has 0 N–H and O–H groups in total. The maximum Gasteiger partial charge on any atom is 2.00 e. The number of para-hydroxylation sites is 1. The first kappa shape index (κ1) is 39.8. The normalized spacial score (nSPS) is 11.9. The molecule has 0 saturated carbocycles. The minimum Gasteiger partial charge on any atom is -1.00 e. The van der Waals surface area contributed by atoms with Crippen molar-refractivity contribution < 1.29 is 41.9 Å². The Balaban J connectivity index is 0.00000560. The van der Waals surface area contributed by atoms with Crippen LogP contribution in [-0.2, 0) is 23.5 Å². The van der Waals surface area contributed by atoms with Crippen LogP contribution in [0.1, 0.15) is 132 Å². The fraction of sp³-hybridized carbons (Fsp3) is 0.417. The number of pyridine rings is 1. The van der Waals surface area contributed by atoms with Gasteiger partial charge in [-0.2, -0.15) is 0 Å². The van der Waals surface area contributed by atoms with Crippen molar-refractivity contribution in [2.45, 2.75) is 99.3 Å². The van der Waals surface area contributed by atoms with E-state index in [1.807, 2.05) is 12.1 Å². The molecule has 1 heterocycles. The van der Waals surface area contributed by atoms with Gasteiger partial charge in [0.05, 0.1) is 34.2 Å². The topological polar surface area (TPSA) is 37.6 Å². The summed E-state index contributed by atoms with van der Waals surface area (Å²) in [6.45, 7) is 26.0. The van der Waals surface area contributed by atoms with Gasteiger partial charge in [0, 0.05) is 0 Å². The molecule has 0 aliphatic rings. The smallest absolute Gasteiger partial charge is 1.00 e. The van der Waals surface area contributed by atoms with Crippen molar-refractivity contribution in [2.75, 3.05) is 0 Å². The molecule has 0 saturated heterocycles. The van der Waals surface area contributed by atoms with Crippen LogP contribution in [0.25, 0.3) is 0 Å². The Labute approximate surface area is 278 Å². The molecule has 0 bridgehead atoms. The van der Waals surface area contributed by atoms with Crippen LogP contribution >= 0.6 is 0 Å². The zero-order valence-electron chi connectivity index (χ0n) is 26.9. The second-order valence-corrected chi connectivity index (χ2v) is 11.8. The quantitative estimate of drug-likeness (QED) is 0.180. The molecule has 0 radical (unpaired) electrons. The molecule has 0 unspecified atom stereocenters.